The highest BCUT2D eigenvalue weighted by molar-refractivity contribution is 5.36. The van der Waals surface area contributed by atoms with E-state index in [0.717, 1.165) is 25.3 Å². The Bertz CT molecular complexity index is 376. The normalized spacial score (nSPS) is 21.7. The number of piperidine rings is 1. The summed E-state index contributed by atoms with van der Waals surface area (Å²) in [6, 6.07) is 1.54. The van der Waals surface area contributed by atoms with Gasteiger partial charge in [0.1, 0.15) is 5.82 Å². The predicted octanol–water partition coefficient (Wildman–Crippen LogP) is -0.0550. The molecule has 15 heavy (non-hydrogen) atoms. The molecule has 82 valence electrons. The summed E-state index contributed by atoms with van der Waals surface area (Å²) >= 11 is 0. The number of hydrogen-bond acceptors (Lipinski definition) is 4. The van der Waals surface area contributed by atoms with Gasteiger partial charge in [-0.25, -0.2) is 4.98 Å². The van der Waals surface area contributed by atoms with Crippen LogP contribution < -0.4 is 16.2 Å². The first-order chi connectivity index (χ1) is 7.29. The number of H-pyrrole nitrogens is 1. The van der Waals surface area contributed by atoms with Crippen LogP contribution in [0.5, 0.6) is 0 Å². The fourth-order valence-corrected chi connectivity index (χ4v) is 2.00. The van der Waals surface area contributed by atoms with Gasteiger partial charge < -0.3 is 15.6 Å². The minimum absolute atomic E-state index is 0.102. The van der Waals surface area contributed by atoms with Crippen LogP contribution in [0.15, 0.2) is 17.2 Å². The number of aromatic nitrogens is 2. The van der Waals surface area contributed by atoms with E-state index in [9.17, 15) is 4.79 Å². The molecule has 1 aromatic rings. The molecule has 0 radical (unpaired) electrons. The molecule has 0 spiro atoms. The molecular formula is C10H16N4O. The minimum atomic E-state index is -0.102. The van der Waals surface area contributed by atoms with Crippen molar-refractivity contribution in [3.63, 3.8) is 0 Å². The zero-order valence-electron chi connectivity index (χ0n) is 8.65. The average Bonchev–Trinajstić information content (AvgIpc) is 2.29. The maximum absolute atomic E-state index is 11.1. The van der Waals surface area contributed by atoms with Gasteiger partial charge in [0.15, 0.2) is 0 Å². The topological polar surface area (TPSA) is 75.0 Å². The number of nitrogens with zero attached hydrogens (tertiary/aromatic N) is 2. The molecule has 1 fully saturated rings. The Morgan fingerprint density at radius 2 is 2.53 bits per heavy atom. The SMILES string of the molecule is NCC1CCCN(c2cc(=O)[nH]cn2)C1. The smallest absolute Gasteiger partial charge is 0.252 e. The molecule has 0 amide bonds. The van der Waals surface area contributed by atoms with Gasteiger partial charge in [0.05, 0.1) is 6.33 Å². The molecule has 2 heterocycles. The molecule has 0 saturated carbocycles. The third kappa shape index (κ3) is 2.36. The van der Waals surface area contributed by atoms with Gasteiger partial charge in [-0.2, -0.15) is 0 Å². The second-order valence-electron chi connectivity index (χ2n) is 3.96. The van der Waals surface area contributed by atoms with Crippen molar-refractivity contribution in [1.82, 2.24) is 9.97 Å². The van der Waals surface area contributed by atoms with Crippen LogP contribution in [-0.2, 0) is 0 Å². The molecule has 1 saturated heterocycles. The molecule has 0 aliphatic carbocycles. The van der Waals surface area contributed by atoms with E-state index in [2.05, 4.69) is 14.9 Å². The third-order valence-electron chi connectivity index (χ3n) is 2.84. The quantitative estimate of drug-likeness (QED) is 0.714. The summed E-state index contributed by atoms with van der Waals surface area (Å²) in [5.74, 6) is 1.29. The fraction of sp³-hybridized carbons (Fsp3) is 0.600. The van der Waals surface area contributed by atoms with Crippen LogP contribution in [0, 0.1) is 5.92 Å². The van der Waals surface area contributed by atoms with Crippen molar-refractivity contribution in [2.45, 2.75) is 12.8 Å². The molecule has 0 aromatic carbocycles. The van der Waals surface area contributed by atoms with E-state index in [4.69, 9.17) is 5.73 Å². The van der Waals surface area contributed by atoms with Crippen LogP contribution in [-0.4, -0.2) is 29.6 Å². The van der Waals surface area contributed by atoms with E-state index in [1.165, 1.54) is 12.7 Å². The Balaban J connectivity index is 2.13. The number of nitrogens with one attached hydrogen (secondary N) is 1. The van der Waals surface area contributed by atoms with Gasteiger partial charge in [0.2, 0.25) is 0 Å². The zero-order valence-corrected chi connectivity index (χ0v) is 8.65. The lowest BCUT2D eigenvalue weighted by atomic mass is 9.98. The molecule has 1 atom stereocenters. The van der Waals surface area contributed by atoms with Crippen LogP contribution in [0.2, 0.25) is 0 Å². The van der Waals surface area contributed by atoms with E-state index >= 15 is 0 Å². The summed E-state index contributed by atoms with van der Waals surface area (Å²) in [7, 11) is 0. The first kappa shape index (κ1) is 10.2. The van der Waals surface area contributed by atoms with E-state index in [1.54, 1.807) is 6.07 Å². The lowest BCUT2D eigenvalue weighted by Gasteiger charge is -2.32. The largest absolute Gasteiger partial charge is 0.356 e. The summed E-state index contributed by atoms with van der Waals surface area (Å²) in [5.41, 5.74) is 5.56. The summed E-state index contributed by atoms with van der Waals surface area (Å²) in [4.78, 5) is 20.0. The maximum Gasteiger partial charge on any atom is 0.252 e. The van der Waals surface area contributed by atoms with Gasteiger partial charge >= 0.3 is 0 Å². The number of rotatable bonds is 2. The Hall–Kier alpha value is -1.36. The van der Waals surface area contributed by atoms with Crippen molar-refractivity contribution in [2.75, 3.05) is 24.5 Å². The second-order valence-corrected chi connectivity index (χ2v) is 3.96. The molecule has 5 nitrogen and oxygen atoms in total. The predicted molar refractivity (Wildman–Crippen MR) is 58.8 cm³/mol. The van der Waals surface area contributed by atoms with E-state index in [-0.39, 0.29) is 5.56 Å². The van der Waals surface area contributed by atoms with Crippen molar-refractivity contribution in [3.8, 4) is 0 Å². The Kier molecular flexibility index (Phi) is 3.01. The molecule has 3 N–H and O–H groups in total. The standard InChI is InChI=1S/C10H16N4O/c11-5-8-2-1-3-14(6-8)9-4-10(15)13-7-12-9/h4,7-8H,1-3,5-6,11H2,(H,12,13,15). The first-order valence-electron chi connectivity index (χ1n) is 5.29. The number of anilines is 1. The van der Waals surface area contributed by atoms with Gasteiger partial charge in [0, 0.05) is 19.2 Å². The molecule has 2 rings (SSSR count). The molecule has 1 aliphatic heterocycles. The van der Waals surface area contributed by atoms with Crippen molar-refractivity contribution in [2.24, 2.45) is 11.7 Å². The average molecular weight is 208 g/mol. The maximum atomic E-state index is 11.1. The van der Waals surface area contributed by atoms with Gasteiger partial charge in [-0.1, -0.05) is 0 Å². The van der Waals surface area contributed by atoms with Crippen LogP contribution >= 0.6 is 0 Å². The molecular weight excluding hydrogens is 192 g/mol. The van der Waals surface area contributed by atoms with E-state index < -0.39 is 0 Å². The Morgan fingerprint density at radius 3 is 3.27 bits per heavy atom. The molecule has 1 aromatic heterocycles. The first-order valence-corrected chi connectivity index (χ1v) is 5.29. The summed E-state index contributed by atoms with van der Waals surface area (Å²) in [5, 5.41) is 0. The highest BCUT2D eigenvalue weighted by Gasteiger charge is 2.19. The highest BCUT2D eigenvalue weighted by Crippen LogP contribution is 2.19. The van der Waals surface area contributed by atoms with Crippen LogP contribution in [0.4, 0.5) is 5.82 Å². The number of hydrogen-bond donors (Lipinski definition) is 2. The van der Waals surface area contributed by atoms with E-state index in [1.807, 2.05) is 0 Å². The van der Waals surface area contributed by atoms with Gasteiger partial charge in [-0.3, -0.25) is 4.79 Å². The van der Waals surface area contributed by atoms with Crippen molar-refractivity contribution < 1.29 is 0 Å². The lowest BCUT2D eigenvalue weighted by Crippen LogP contribution is -2.39. The number of nitrogens with two attached hydrogens (primary N) is 1. The van der Waals surface area contributed by atoms with Crippen molar-refractivity contribution in [3.05, 3.63) is 22.7 Å². The van der Waals surface area contributed by atoms with Crippen LogP contribution in [0.1, 0.15) is 12.8 Å². The molecule has 5 heteroatoms. The van der Waals surface area contributed by atoms with Gasteiger partial charge in [-0.15, -0.1) is 0 Å². The molecule has 1 aliphatic rings. The molecule has 1 unspecified atom stereocenters. The third-order valence-corrected chi connectivity index (χ3v) is 2.84. The van der Waals surface area contributed by atoms with Crippen LogP contribution in [0.25, 0.3) is 0 Å². The second kappa shape index (κ2) is 4.44. The lowest BCUT2D eigenvalue weighted by molar-refractivity contribution is 0.421. The fourth-order valence-electron chi connectivity index (χ4n) is 2.00. The summed E-state index contributed by atoms with van der Waals surface area (Å²) < 4.78 is 0. The van der Waals surface area contributed by atoms with E-state index in [0.29, 0.717) is 12.5 Å². The van der Waals surface area contributed by atoms with Crippen molar-refractivity contribution >= 4 is 5.82 Å². The summed E-state index contributed by atoms with van der Waals surface area (Å²) in [6.07, 6.45) is 3.75. The number of aromatic amines is 1. The Morgan fingerprint density at radius 1 is 1.67 bits per heavy atom. The minimum Gasteiger partial charge on any atom is -0.356 e. The van der Waals surface area contributed by atoms with Gasteiger partial charge in [0.25, 0.3) is 5.56 Å². The molecule has 0 bridgehead atoms. The zero-order chi connectivity index (χ0) is 10.7. The Labute approximate surface area is 88.3 Å². The monoisotopic (exact) mass is 208 g/mol. The summed E-state index contributed by atoms with van der Waals surface area (Å²) in [6.45, 7) is 2.58. The van der Waals surface area contributed by atoms with Gasteiger partial charge in [-0.05, 0) is 25.3 Å². The van der Waals surface area contributed by atoms with Crippen molar-refractivity contribution in [1.29, 1.82) is 0 Å². The van der Waals surface area contributed by atoms with Crippen LogP contribution in [0.3, 0.4) is 0 Å². The highest BCUT2D eigenvalue weighted by atomic mass is 16.1.